The molecule has 0 spiro atoms. The molecule has 0 radical (unpaired) electrons. The highest BCUT2D eigenvalue weighted by Gasteiger charge is 2.15. The summed E-state index contributed by atoms with van der Waals surface area (Å²) in [4.78, 5) is 30.5. The van der Waals surface area contributed by atoms with Crippen molar-refractivity contribution in [3.63, 3.8) is 0 Å². The van der Waals surface area contributed by atoms with Crippen molar-refractivity contribution in [3.8, 4) is 28.0 Å². The molecule has 0 fully saturated rings. The average molecular weight is 349 g/mol. The summed E-state index contributed by atoms with van der Waals surface area (Å²) >= 11 is 0. The molecule has 2 aromatic heterocycles. The second kappa shape index (κ2) is 7.43. The summed E-state index contributed by atoms with van der Waals surface area (Å²) in [6.45, 7) is -0.551. The first-order valence-corrected chi connectivity index (χ1v) is 7.74. The van der Waals surface area contributed by atoms with E-state index in [0.29, 0.717) is 5.56 Å². The molecule has 0 atom stereocenters. The summed E-state index contributed by atoms with van der Waals surface area (Å²) in [5, 5.41) is 20.8. The van der Waals surface area contributed by atoms with Crippen LogP contribution in [0.3, 0.4) is 0 Å². The number of amides is 1. The van der Waals surface area contributed by atoms with Crippen LogP contribution in [-0.2, 0) is 4.79 Å². The summed E-state index contributed by atoms with van der Waals surface area (Å²) in [5.74, 6) is -2.28. The highest BCUT2D eigenvalue weighted by molar-refractivity contribution is 5.96. The zero-order valence-electron chi connectivity index (χ0n) is 13.6. The lowest BCUT2D eigenvalue weighted by atomic mass is 10.0. The summed E-state index contributed by atoms with van der Waals surface area (Å²) < 4.78 is 0. The fraction of sp³-hybridized carbons (Fsp3) is 0.0526. The Morgan fingerprint density at radius 2 is 1.58 bits per heavy atom. The Hall–Kier alpha value is -3.74. The van der Waals surface area contributed by atoms with Gasteiger partial charge in [0.25, 0.3) is 5.91 Å². The lowest BCUT2D eigenvalue weighted by Crippen LogP contribution is -2.29. The highest BCUT2D eigenvalue weighted by Crippen LogP contribution is 2.27. The van der Waals surface area contributed by atoms with Crippen molar-refractivity contribution < 1.29 is 19.8 Å². The van der Waals surface area contributed by atoms with Gasteiger partial charge < -0.3 is 15.5 Å². The van der Waals surface area contributed by atoms with Crippen molar-refractivity contribution in [1.29, 1.82) is 0 Å². The van der Waals surface area contributed by atoms with Gasteiger partial charge in [0.05, 0.1) is 0 Å². The molecule has 0 aliphatic carbocycles. The molecule has 1 aromatic carbocycles. The molecule has 0 saturated heterocycles. The maximum Gasteiger partial charge on any atom is 0.322 e. The maximum absolute atomic E-state index is 11.8. The molecule has 26 heavy (non-hydrogen) atoms. The zero-order chi connectivity index (χ0) is 18.5. The Morgan fingerprint density at radius 1 is 0.923 bits per heavy atom. The number of carboxylic acid groups (broad SMARTS) is 1. The molecule has 0 saturated carbocycles. The third-order valence-electron chi connectivity index (χ3n) is 3.66. The number of hydrogen-bond donors (Lipinski definition) is 3. The number of pyridine rings is 2. The quantitative estimate of drug-likeness (QED) is 0.652. The zero-order valence-corrected chi connectivity index (χ0v) is 13.6. The van der Waals surface area contributed by atoms with Crippen molar-refractivity contribution in [2.45, 2.75) is 0 Å². The largest absolute Gasteiger partial charge is 0.505 e. The third kappa shape index (κ3) is 3.84. The summed E-state index contributed by atoms with van der Waals surface area (Å²) in [6, 6.07) is 13.0. The normalized spacial score (nSPS) is 10.3. The van der Waals surface area contributed by atoms with E-state index in [9.17, 15) is 14.7 Å². The number of nitrogens with zero attached hydrogens (tertiary/aromatic N) is 2. The molecule has 3 N–H and O–H groups in total. The average Bonchev–Trinajstić information content (AvgIpc) is 2.67. The SMILES string of the molecule is O=C(O)CNC(=O)c1ncc(-c2cncc(-c3ccccc3)c2)cc1O. The fourth-order valence-electron chi connectivity index (χ4n) is 2.41. The molecule has 0 unspecified atom stereocenters. The van der Waals surface area contributed by atoms with E-state index in [4.69, 9.17) is 5.11 Å². The first-order chi connectivity index (χ1) is 12.5. The molecule has 1 amide bonds. The van der Waals surface area contributed by atoms with Gasteiger partial charge >= 0.3 is 5.97 Å². The number of aromatic nitrogens is 2. The van der Waals surface area contributed by atoms with Gasteiger partial charge in [0, 0.05) is 35.3 Å². The van der Waals surface area contributed by atoms with Gasteiger partial charge in [0.1, 0.15) is 12.3 Å². The van der Waals surface area contributed by atoms with E-state index < -0.39 is 18.4 Å². The second-order valence-electron chi connectivity index (χ2n) is 5.50. The van der Waals surface area contributed by atoms with Crippen LogP contribution in [0.5, 0.6) is 5.75 Å². The Morgan fingerprint density at radius 3 is 2.23 bits per heavy atom. The van der Waals surface area contributed by atoms with Gasteiger partial charge in [0.2, 0.25) is 0 Å². The van der Waals surface area contributed by atoms with Gasteiger partial charge in [-0.15, -0.1) is 0 Å². The first-order valence-electron chi connectivity index (χ1n) is 7.74. The van der Waals surface area contributed by atoms with Crippen molar-refractivity contribution in [2.75, 3.05) is 6.54 Å². The predicted octanol–water partition coefficient (Wildman–Crippen LogP) is 2.33. The number of aromatic hydroxyl groups is 1. The van der Waals surface area contributed by atoms with Gasteiger partial charge in [0.15, 0.2) is 5.69 Å². The smallest absolute Gasteiger partial charge is 0.322 e. The molecule has 3 rings (SSSR count). The molecule has 2 heterocycles. The van der Waals surface area contributed by atoms with Crippen LogP contribution in [0.1, 0.15) is 10.5 Å². The van der Waals surface area contributed by atoms with Gasteiger partial charge in [-0.3, -0.25) is 14.6 Å². The summed E-state index contributed by atoms with van der Waals surface area (Å²) in [5.41, 5.74) is 2.99. The molecular formula is C19H15N3O4. The topological polar surface area (TPSA) is 112 Å². The van der Waals surface area contributed by atoms with E-state index in [0.717, 1.165) is 16.7 Å². The van der Waals surface area contributed by atoms with Crippen LogP contribution < -0.4 is 5.32 Å². The number of carboxylic acids is 1. The molecule has 0 aliphatic heterocycles. The van der Waals surface area contributed by atoms with Crippen molar-refractivity contribution in [1.82, 2.24) is 15.3 Å². The lowest BCUT2D eigenvalue weighted by molar-refractivity contribution is -0.135. The molecule has 7 heteroatoms. The molecule has 0 bridgehead atoms. The van der Waals surface area contributed by atoms with Gasteiger partial charge in [-0.25, -0.2) is 4.98 Å². The van der Waals surface area contributed by atoms with Crippen LogP contribution in [0.25, 0.3) is 22.3 Å². The number of nitrogens with one attached hydrogen (secondary N) is 1. The van der Waals surface area contributed by atoms with Crippen LogP contribution in [0.2, 0.25) is 0 Å². The van der Waals surface area contributed by atoms with Crippen LogP contribution in [0.15, 0.2) is 61.1 Å². The number of rotatable bonds is 5. The number of aliphatic carboxylic acids is 1. The monoisotopic (exact) mass is 349 g/mol. The van der Waals surface area contributed by atoms with Gasteiger partial charge in [-0.05, 0) is 17.7 Å². The molecule has 7 nitrogen and oxygen atoms in total. The van der Waals surface area contributed by atoms with Crippen molar-refractivity contribution in [3.05, 3.63) is 66.7 Å². The Kier molecular flexibility index (Phi) is 4.89. The fourth-order valence-corrected chi connectivity index (χ4v) is 2.41. The molecular weight excluding hydrogens is 334 g/mol. The lowest BCUT2D eigenvalue weighted by Gasteiger charge is -2.08. The minimum absolute atomic E-state index is 0.234. The van der Waals surface area contributed by atoms with Gasteiger partial charge in [-0.2, -0.15) is 0 Å². The van der Waals surface area contributed by atoms with Crippen LogP contribution in [-0.4, -0.2) is 38.6 Å². The standard InChI is InChI=1S/C19H15N3O4/c23-16-7-15(10-21-18(16)19(26)22-11-17(24)25)14-6-13(8-20-9-14)12-4-2-1-3-5-12/h1-10,23H,11H2,(H,22,26)(H,24,25). The van der Waals surface area contributed by atoms with E-state index >= 15 is 0 Å². The maximum atomic E-state index is 11.8. The Labute approximate surface area is 149 Å². The number of carbonyl (C=O) groups excluding carboxylic acids is 1. The van der Waals surface area contributed by atoms with E-state index in [-0.39, 0.29) is 11.4 Å². The van der Waals surface area contributed by atoms with Gasteiger partial charge in [-0.1, -0.05) is 30.3 Å². The minimum Gasteiger partial charge on any atom is -0.505 e. The first kappa shape index (κ1) is 17.1. The summed E-state index contributed by atoms with van der Waals surface area (Å²) in [6.07, 6.45) is 4.80. The molecule has 0 aliphatic rings. The minimum atomic E-state index is -1.18. The van der Waals surface area contributed by atoms with E-state index in [1.54, 1.807) is 12.4 Å². The van der Waals surface area contributed by atoms with Crippen molar-refractivity contribution >= 4 is 11.9 Å². The van der Waals surface area contributed by atoms with E-state index in [2.05, 4.69) is 15.3 Å². The second-order valence-corrected chi connectivity index (χ2v) is 5.50. The van der Waals surface area contributed by atoms with E-state index in [1.165, 1.54) is 12.3 Å². The highest BCUT2D eigenvalue weighted by atomic mass is 16.4. The predicted molar refractivity (Wildman–Crippen MR) is 94.5 cm³/mol. The molecule has 3 aromatic rings. The van der Waals surface area contributed by atoms with E-state index in [1.807, 2.05) is 36.4 Å². The molecule has 130 valence electrons. The summed E-state index contributed by atoms with van der Waals surface area (Å²) in [7, 11) is 0. The number of hydrogen-bond acceptors (Lipinski definition) is 5. The Balaban J connectivity index is 1.88. The van der Waals surface area contributed by atoms with Crippen LogP contribution in [0.4, 0.5) is 0 Å². The third-order valence-corrected chi connectivity index (χ3v) is 3.66. The van der Waals surface area contributed by atoms with Crippen molar-refractivity contribution in [2.24, 2.45) is 0 Å². The Bertz CT molecular complexity index is 958. The van der Waals surface area contributed by atoms with Crippen LogP contribution >= 0.6 is 0 Å². The number of carbonyl (C=O) groups is 2. The van der Waals surface area contributed by atoms with Crippen LogP contribution in [0, 0.1) is 0 Å². The number of benzene rings is 1.